The van der Waals surface area contributed by atoms with Crippen molar-refractivity contribution in [2.45, 2.75) is 0 Å². The zero-order chi connectivity index (χ0) is 39.8. The summed E-state index contributed by atoms with van der Waals surface area (Å²) in [4.78, 5) is 10.7. The van der Waals surface area contributed by atoms with Crippen molar-refractivity contribution in [2.24, 2.45) is 0 Å². The Labute approximate surface area is 349 Å². The van der Waals surface area contributed by atoms with Gasteiger partial charge in [-0.1, -0.05) is 188 Å². The zero-order valence-electron chi connectivity index (χ0n) is 32.8. The van der Waals surface area contributed by atoms with E-state index in [0.717, 1.165) is 55.2 Å². The number of nitrogens with zero attached hydrogens (tertiary/aromatic N) is 2. The third kappa shape index (κ3) is 6.61. The lowest BCUT2D eigenvalue weighted by atomic mass is 9.91. The molecule has 0 fully saturated rings. The van der Waals surface area contributed by atoms with Crippen LogP contribution in [0.3, 0.4) is 0 Å². The van der Waals surface area contributed by atoms with Crippen LogP contribution in [0, 0.1) is 0 Å². The molecular formula is C58H38N2. The molecule has 10 aromatic carbocycles. The SMILES string of the molecule is c1ccc(-c2cc(-c3ccccc3)cc(-c3cccc(-c4cccc(-c5cccc(-c6nc(-c7cccc8ccccc78)c7ccc8ccccc8c7n6)c5)c4)c3)c2)cc1. The molecule has 2 nitrogen and oxygen atoms in total. The van der Waals surface area contributed by atoms with Crippen molar-refractivity contribution in [3.05, 3.63) is 231 Å². The summed E-state index contributed by atoms with van der Waals surface area (Å²) in [6.07, 6.45) is 0. The minimum absolute atomic E-state index is 0.708. The number of rotatable bonds is 7. The first kappa shape index (κ1) is 35.2. The van der Waals surface area contributed by atoms with Crippen molar-refractivity contribution in [3.63, 3.8) is 0 Å². The minimum Gasteiger partial charge on any atom is -0.227 e. The van der Waals surface area contributed by atoms with E-state index in [1.807, 2.05) is 0 Å². The van der Waals surface area contributed by atoms with Gasteiger partial charge in [-0.2, -0.15) is 0 Å². The molecule has 0 atom stereocenters. The van der Waals surface area contributed by atoms with Gasteiger partial charge in [0.05, 0.1) is 11.2 Å². The largest absolute Gasteiger partial charge is 0.227 e. The Hall–Kier alpha value is -7.94. The fraction of sp³-hybridized carbons (Fsp3) is 0. The average Bonchev–Trinajstić information content (AvgIpc) is 3.34. The molecular weight excluding hydrogens is 725 g/mol. The highest BCUT2D eigenvalue weighted by molar-refractivity contribution is 6.12. The highest BCUT2D eigenvalue weighted by Gasteiger charge is 2.17. The van der Waals surface area contributed by atoms with Gasteiger partial charge in [-0.15, -0.1) is 0 Å². The van der Waals surface area contributed by atoms with E-state index in [2.05, 4.69) is 231 Å². The zero-order valence-corrected chi connectivity index (χ0v) is 32.8. The summed E-state index contributed by atoms with van der Waals surface area (Å²) in [5.74, 6) is 0.708. The van der Waals surface area contributed by atoms with E-state index in [0.29, 0.717) is 5.82 Å². The summed E-state index contributed by atoms with van der Waals surface area (Å²) in [6, 6.07) is 82.5. The summed E-state index contributed by atoms with van der Waals surface area (Å²) in [5, 5.41) is 5.69. The first-order valence-corrected chi connectivity index (χ1v) is 20.5. The van der Waals surface area contributed by atoms with E-state index in [1.54, 1.807) is 0 Å². The average molecular weight is 763 g/mol. The highest BCUT2D eigenvalue weighted by atomic mass is 14.9. The molecule has 0 saturated heterocycles. The molecule has 2 heteroatoms. The first-order chi connectivity index (χ1) is 29.7. The van der Waals surface area contributed by atoms with E-state index >= 15 is 0 Å². The molecule has 0 aliphatic heterocycles. The molecule has 0 bridgehead atoms. The molecule has 60 heavy (non-hydrogen) atoms. The summed E-state index contributed by atoms with van der Waals surface area (Å²) >= 11 is 0. The Morgan fingerprint density at radius 3 is 1.23 bits per heavy atom. The van der Waals surface area contributed by atoms with Crippen LogP contribution in [0.2, 0.25) is 0 Å². The van der Waals surface area contributed by atoms with E-state index in [1.165, 1.54) is 49.7 Å². The van der Waals surface area contributed by atoms with E-state index in [9.17, 15) is 0 Å². The Bertz CT molecular complexity index is 3310. The third-order valence-corrected chi connectivity index (χ3v) is 11.6. The normalized spacial score (nSPS) is 11.3. The molecule has 11 rings (SSSR count). The molecule has 1 heterocycles. The van der Waals surface area contributed by atoms with Gasteiger partial charge in [-0.05, 0) is 114 Å². The molecule has 0 unspecified atom stereocenters. The predicted octanol–water partition coefficient (Wildman–Crippen LogP) is 15.6. The summed E-state index contributed by atoms with van der Waals surface area (Å²) in [5.41, 5.74) is 15.7. The van der Waals surface area contributed by atoms with Gasteiger partial charge in [0.15, 0.2) is 5.82 Å². The Morgan fingerprint density at radius 1 is 0.233 bits per heavy atom. The molecule has 0 spiro atoms. The van der Waals surface area contributed by atoms with Crippen LogP contribution in [0.4, 0.5) is 0 Å². The Morgan fingerprint density at radius 2 is 0.633 bits per heavy atom. The molecule has 280 valence electrons. The molecule has 0 saturated carbocycles. The van der Waals surface area contributed by atoms with Gasteiger partial charge < -0.3 is 0 Å². The molecule has 0 N–H and O–H groups in total. The molecule has 0 amide bonds. The highest BCUT2D eigenvalue weighted by Crippen LogP contribution is 2.38. The number of hydrogen-bond donors (Lipinski definition) is 0. The topological polar surface area (TPSA) is 25.8 Å². The van der Waals surface area contributed by atoms with Gasteiger partial charge in [-0.25, -0.2) is 9.97 Å². The van der Waals surface area contributed by atoms with Crippen LogP contribution in [-0.4, -0.2) is 9.97 Å². The minimum atomic E-state index is 0.708. The van der Waals surface area contributed by atoms with Crippen LogP contribution in [0.15, 0.2) is 231 Å². The quantitative estimate of drug-likeness (QED) is 0.151. The van der Waals surface area contributed by atoms with E-state index in [-0.39, 0.29) is 0 Å². The number of hydrogen-bond acceptors (Lipinski definition) is 2. The Kier molecular flexibility index (Phi) is 8.87. The standard InChI is InChI=1S/C58H38N2/c1-3-15-39(16-4-1)49-36-50(40-17-5-2-6-18-40)38-51(37-49)47-26-12-24-45(34-47)43-22-11-23-44(33-43)46-25-13-27-48(35-46)58-59-56-53-29-10-8-20-42(53)31-32-55(56)57(60-58)54-30-14-21-41-19-7-9-28-52(41)54/h1-38H. The summed E-state index contributed by atoms with van der Waals surface area (Å²) in [6.45, 7) is 0. The fourth-order valence-corrected chi connectivity index (χ4v) is 8.61. The lowest BCUT2D eigenvalue weighted by molar-refractivity contribution is 1.24. The van der Waals surface area contributed by atoms with Crippen molar-refractivity contribution in [1.82, 2.24) is 9.97 Å². The molecule has 11 aromatic rings. The van der Waals surface area contributed by atoms with Gasteiger partial charge in [0.2, 0.25) is 0 Å². The maximum absolute atomic E-state index is 5.38. The van der Waals surface area contributed by atoms with Gasteiger partial charge >= 0.3 is 0 Å². The number of benzene rings is 10. The third-order valence-electron chi connectivity index (χ3n) is 11.6. The van der Waals surface area contributed by atoms with Crippen LogP contribution in [-0.2, 0) is 0 Å². The second-order valence-electron chi connectivity index (χ2n) is 15.4. The maximum Gasteiger partial charge on any atom is 0.160 e. The van der Waals surface area contributed by atoms with Crippen molar-refractivity contribution in [2.75, 3.05) is 0 Å². The van der Waals surface area contributed by atoms with Crippen LogP contribution >= 0.6 is 0 Å². The van der Waals surface area contributed by atoms with Crippen molar-refractivity contribution in [3.8, 4) is 78.3 Å². The Balaban J connectivity index is 0.994. The second-order valence-corrected chi connectivity index (χ2v) is 15.4. The molecule has 0 radical (unpaired) electrons. The second kappa shape index (κ2) is 15.1. The van der Waals surface area contributed by atoms with E-state index in [4.69, 9.17) is 9.97 Å². The van der Waals surface area contributed by atoms with E-state index < -0.39 is 0 Å². The summed E-state index contributed by atoms with van der Waals surface area (Å²) < 4.78 is 0. The number of aromatic nitrogens is 2. The molecule has 1 aromatic heterocycles. The van der Waals surface area contributed by atoms with Crippen molar-refractivity contribution >= 4 is 32.4 Å². The van der Waals surface area contributed by atoms with Crippen LogP contribution in [0.5, 0.6) is 0 Å². The lowest BCUT2D eigenvalue weighted by Crippen LogP contribution is -1.97. The molecule has 0 aliphatic carbocycles. The smallest absolute Gasteiger partial charge is 0.160 e. The van der Waals surface area contributed by atoms with Gasteiger partial charge in [0.25, 0.3) is 0 Å². The van der Waals surface area contributed by atoms with Crippen LogP contribution in [0.25, 0.3) is 111 Å². The summed E-state index contributed by atoms with van der Waals surface area (Å²) in [7, 11) is 0. The number of fused-ring (bicyclic) bond motifs is 4. The van der Waals surface area contributed by atoms with Gasteiger partial charge in [0.1, 0.15) is 0 Å². The fourth-order valence-electron chi connectivity index (χ4n) is 8.61. The van der Waals surface area contributed by atoms with Gasteiger partial charge in [0, 0.05) is 21.9 Å². The van der Waals surface area contributed by atoms with Crippen LogP contribution in [0.1, 0.15) is 0 Å². The van der Waals surface area contributed by atoms with Crippen molar-refractivity contribution < 1.29 is 0 Å². The van der Waals surface area contributed by atoms with Crippen LogP contribution < -0.4 is 0 Å². The maximum atomic E-state index is 5.38. The predicted molar refractivity (Wildman–Crippen MR) is 253 cm³/mol. The monoisotopic (exact) mass is 762 g/mol. The molecule has 0 aliphatic rings. The van der Waals surface area contributed by atoms with Gasteiger partial charge in [-0.3, -0.25) is 0 Å². The lowest BCUT2D eigenvalue weighted by Gasteiger charge is -2.14. The first-order valence-electron chi connectivity index (χ1n) is 20.5. The van der Waals surface area contributed by atoms with Crippen molar-refractivity contribution in [1.29, 1.82) is 0 Å².